The van der Waals surface area contributed by atoms with Gasteiger partial charge in [-0.05, 0) is 32.0 Å². The van der Waals surface area contributed by atoms with E-state index in [1.807, 2.05) is 32.0 Å². The summed E-state index contributed by atoms with van der Waals surface area (Å²) < 4.78 is 6.29. The van der Waals surface area contributed by atoms with Crippen LogP contribution in [-0.2, 0) is 6.54 Å². The predicted octanol–water partition coefficient (Wildman–Crippen LogP) is 4.81. The minimum atomic E-state index is 0.473. The van der Waals surface area contributed by atoms with Crippen LogP contribution in [0.15, 0.2) is 32.9 Å². The lowest BCUT2D eigenvalue weighted by Crippen LogP contribution is -1.90. The van der Waals surface area contributed by atoms with Crippen LogP contribution in [0.25, 0.3) is 0 Å². The molecule has 0 aliphatic rings. The van der Waals surface area contributed by atoms with Gasteiger partial charge in [0.05, 0.1) is 19.3 Å². The number of aromatic nitrogens is 1. The number of nitrogens with zero attached hydrogens (tertiary/aromatic N) is 3. The molecule has 0 spiro atoms. The Morgan fingerprint density at radius 2 is 2.16 bits per heavy atom. The number of hydrogen-bond donors (Lipinski definition) is 0. The molecule has 100 valence electrons. The Bertz CT molecular complexity index is 590. The molecule has 6 heteroatoms. The van der Waals surface area contributed by atoms with Crippen molar-refractivity contribution in [3.8, 4) is 5.75 Å². The molecule has 0 radical (unpaired) electrons. The highest BCUT2D eigenvalue weighted by atomic mass is 79.9. The largest absolute Gasteiger partial charge is 0.496 e. The minimum Gasteiger partial charge on any atom is -0.496 e. The van der Waals surface area contributed by atoms with Crippen molar-refractivity contribution in [3.63, 3.8) is 0 Å². The van der Waals surface area contributed by atoms with E-state index in [0.29, 0.717) is 11.7 Å². The van der Waals surface area contributed by atoms with Crippen molar-refractivity contribution in [1.29, 1.82) is 0 Å². The van der Waals surface area contributed by atoms with Crippen LogP contribution in [0.2, 0.25) is 0 Å². The van der Waals surface area contributed by atoms with E-state index >= 15 is 0 Å². The van der Waals surface area contributed by atoms with Gasteiger partial charge in [0.25, 0.3) is 0 Å². The minimum absolute atomic E-state index is 0.473. The van der Waals surface area contributed by atoms with Gasteiger partial charge in [-0.2, -0.15) is 5.11 Å². The Morgan fingerprint density at radius 3 is 2.79 bits per heavy atom. The van der Waals surface area contributed by atoms with Crippen molar-refractivity contribution < 1.29 is 4.74 Å². The van der Waals surface area contributed by atoms with E-state index < -0.39 is 0 Å². The molecule has 1 aromatic heterocycles. The smallest absolute Gasteiger partial charge is 0.229 e. The number of rotatable bonds is 4. The molecule has 0 aliphatic carbocycles. The highest BCUT2D eigenvalue weighted by Gasteiger charge is 2.04. The Balaban J connectivity index is 2.11. The summed E-state index contributed by atoms with van der Waals surface area (Å²) in [4.78, 5) is 5.49. The lowest BCUT2D eigenvalue weighted by atomic mass is 10.2. The summed E-state index contributed by atoms with van der Waals surface area (Å²) in [6, 6.07) is 5.83. The van der Waals surface area contributed by atoms with Crippen molar-refractivity contribution in [2.45, 2.75) is 20.4 Å². The van der Waals surface area contributed by atoms with Crippen molar-refractivity contribution in [2.75, 3.05) is 7.11 Å². The van der Waals surface area contributed by atoms with E-state index in [2.05, 4.69) is 31.1 Å². The van der Waals surface area contributed by atoms with E-state index in [1.54, 1.807) is 18.4 Å². The van der Waals surface area contributed by atoms with Gasteiger partial charge in [0, 0.05) is 14.9 Å². The average molecular weight is 340 g/mol. The zero-order valence-corrected chi connectivity index (χ0v) is 13.4. The number of halogens is 1. The van der Waals surface area contributed by atoms with Gasteiger partial charge in [0.2, 0.25) is 5.13 Å². The standard InChI is InChI=1S/C13H14BrN3OS/c1-8-9(2)19-13(16-8)17-15-7-10-6-11(14)4-5-12(10)18-3/h4-6H,7H2,1-3H3. The maximum Gasteiger partial charge on any atom is 0.229 e. The van der Waals surface area contributed by atoms with E-state index in [0.717, 1.165) is 21.5 Å². The Kier molecular flexibility index (Phi) is 4.66. The third kappa shape index (κ3) is 3.61. The summed E-state index contributed by atoms with van der Waals surface area (Å²) in [5.74, 6) is 0.814. The molecule has 0 aliphatic heterocycles. The quantitative estimate of drug-likeness (QED) is 0.750. The first-order valence-electron chi connectivity index (χ1n) is 5.74. The van der Waals surface area contributed by atoms with Crippen LogP contribution in [0, 0.1) is 13.8 Å². The maximum atomic E-state index is 5.29. The van der Waals surface area contributed by atoms with Gasteiger partial charge in [-0.1, -0.05) is 27.3 Å². The van der Waals surface area contributed by atoms with Crippen molar-refractivity contribution in [2.24, 2.45) is 10.2 Å². The second kappa shape index (κ2) is 6.25. The predicted molar refractivity (Wildman–Crippen MR) is 80.5 cm³/mol. The molecular formula is C13H14BrN3OS. The lowest BCUT2D eigenvalue weighted by Gasteiger charge is -2.05. The van der Waals surface area contributed by atoms with E-state index in [1.165, 1.54) is 4.88 Å². The highest BCUT2D eigenvalue weighted by molar-refractivity contribution is 9.10. The van der Waals surface area contributed by atoms with Crippen LogP contribution in [0.5, 0.6) is 5.75 Å². The first-order valence-corrected chi connectivity index (χ1v) is 7.35. The van der Waals surface area contributed by atoms with Crippen molar-refractivity contribution in [1.82, 2.24) is 4.98 Å². The SMILES string of the molecule is COc1ccc(Br)cc1CN=Nc1nc(C)c(C)s1. The molecular weight excluding hydrogens is 326 g/mol. The molecule has 0 fully saturated rings. The number of ether oxygens (including phenoxy) is 1. The molecule has 1 heterocycles. The number of methoxy groups -OCH3 is 1. The molecule has 4 nitrogen and oxygen atoms in total. The Morgan fingerprint density at radius 1 is 1.37 bits per heavy atom. The van der Waals surface area contributed by atoms with Crippen LogP contribution >= 0.6 is 27.3 Å². The van der Waals surface area contributed by atoms with Gasteiger partial charge >= 0.3 is 0 Å². The molecule has 0 N–H and O–H groups in total. The normalized spacial score (nSPS) is 11.2. The molecule has 0 saturated carbocycles. The topological polar surface area (TPSA) is 46.8 Å². The third-order valence-electron chi connectivity index (χ3n) is 2.66. The Labute approximate surface area is 124 Å². The summed E-state index contributed by atoms with van der Waals surface area (Å²) >= 11 is 4.99. The number of benzene rings is 1. The first kappa shape index (κ1) is 14.1. The zero-order valence-electron chi connectivity index (χ0n) is 11.0. The zero-order chi connectivity index (χ0) is 13.8. The number of azo groups is 1. The molecule has 0 bridgehead atoms. The van der Waals surface area contributed by atoms with E-state index in [-0.39, 0.29) is 0 Å². The van der Waals surface area contributed by atoms with Gasteiger partial charge < -0.3 is 4.74 Å². The molecule has 2 rings (SSSR count). The van der Waals surface area contributed by atoms with Crippen molar-refractivity contribution in [3.05, 3.63) is 38.8 Å². The van der Waals surface area contributed by atoms with Gasteiger partial charge in [-0.3, -0.25) is 0 Å². The molecule has 0 amide bonds. The van der Waals surface area contributed by atoms with Crippen LogP contribution in [0.4, 0.5) is 5.13 Å². The summed E-state index contributed by atoms with van der Waals surface area (Å²) in [7, 11) is 1.65. The molecule has 0 atom stereocenters. The molecule has 0 unspecified atom stereocenters. The van der Waals surface area contributed by atoms with E-state index in [4.69, 9.17) is 4.74 Å². The van der Waals surface area contributed by atoms with Gasteiger partial charge in [-0.15, -0.1) is 5.11 Å². The van der Waals surface area contributed by atoms with Gasteiger partial charge in [0.1, 0.15) is 5.75 Å². The first-order chi connectivity index (χ1) is 9.10. The lowest BCUT2D eigenvalue weighted by molar-refractivity contribution is 0.409. The summed E-state index contributed by atoms with van der Waals surface area (Å²) in [6.07, 6.45) is 0. The van der Waals surface area contributed by atoms with E-state index in [9.17, 15) is 0 Å². The molecule has 2 aromatic rings. The van der Waals surface area contributed by atoms with Crippen LogP contribution < -0.4 is 4.74 Å². The Hall–Kier alpha value is -1.27. The third-order valence-corrected chi connectivity index (χ3v) is 4.11. The summed E-state index contributed by atoms with van der Waals surface area (Å²) in [6.45, 7) is 4.48. The van der Waals surface area contributed by atoms with Crippen LogP contribution in [-0.4, -0.2) is 12.1 Å². The summed E-state index contributed by atoms with van der Waals surface area (Å²) in [5.41, 5.74) is 2.00. The second-order valence-corrected chi connectivity index (χ2v) is 6.09. The molecule has 19 heavy (non-hydrogen) atoms. The summed E-state index contributed by atoms with van der Waals surface area (Å²) in [5, 5.41) is 9.04. The maximum absolute atomic E-state index is 5.29. The van der Waals surface area contributed by atoms with Gasteiger partial charge in [-0.25, -0.2) is 4.98 Å². The number of thiazole rings is 1. The number of hydrogen-bond acceptors (Lipinski definition) is 5. The fraction of sp³-hybridized carbons (Fsp3) is 0.308. The fourth-order valence-electron chi connectivity index (χ4n) is 1.54. The fourth-order valence-corrected chi connectivity index (χ4v) is 2.70. The van der Waals surface area contributed by atoms with Crippen LogP contribution in [0.3, 0.4) is 0 Å². The monoisotopic (exact) mass is 339 g/mol. The highest BCUT2D eigenvalue weighted by Crippen LogP contribution is 2.26. The van der Waals surface area contributed by atoms with Gasteiger partial charge in [0.15, 0.2) is 0 Å². The second-order valence-electron chi connectivity index (χ2n) is 3.99. The average Bonchev–Trinajstić information content (AvgIpc) is 2.69. The van der Waals surface area contributed by atoms with Crippen molar-refractivity contribution >= 4 is 32.4 Å². The molecule has 1 aromatic carbocycles. The van der Waals surface area contributed by atoms with Crippen LogP contribution in [0.1, 0.15) is 16.1 Å². The molecule has 0 saturated heterocycles. The number of aryl methyl sites for hydroxylation is 2.